The van der Waals surface area contributed by atoms with E-state index in [1.807, 2.05) is 73.7 Å². The van der Waals surface area contributed by atoms with Gasteiger partial charge in [-0.1, -0.05) is 48.5 Å². The van der Waals surface area contributed by atoms with Crippen LogP contribution in [-0.2, 0) is 50.4 Å². The summed E-state index contributed by atoms with van der Waals surface area (Å²) < 4.78 is 13.0. The fraction of sp³-hybridized carbons (Fsp3) is 0.227. The van der Waals surface area contributed by atoms with E-state index in [4.69, 9.17) is 4.74 Å². The van der Waals surface area contributed by atoms with Crippen molar-refractivity contribution in [2.45, 2.75) is 39.4 Å². The summed E-state index contributed by atoms with van der Waals surface area (Å²) in [4.78, 5) is 87.5. The fourth-order valence-electron chi connectivity index (χ4n) is 7.70. The summed E-state index contributed by atoms with van der Waals surface area (Å²) in [7, 11) is 6.05. The second kappa shape index (κ2) is 16.1. The molecule has 0 spiro atoms. The molecule has 2 amide bonds. The molecule has 7 aromatic rings. The van der Waals surface area contributed by atoms with Gasteiger partial charge in [0.05, 0.1) is 26.3 Å². The third kappa shape index (κ3) is 7.52. The third-order valence-corrected chi connectivity index (χ3v) is 11.0. The highest BCUT2D eigenvalue weighted by molar-refractivity contribution is 5.92. The molecule has 0 aliphatic heterocycles. The largest absolute Gasteiger partial charge is 0.496 e. The van der Waals surface area contributed by atoms with Gasteiger partial charge in [-0.2, -0.15) is 0 Å². The van der Waals surface area contributed by atoms with Gasteiger partial charge in [-0.25, -0.2) is 19.6 Å². The lowest BCUT2D eigenvalue weighted by atomic mass is 9.91. The number of benzene rings is 3. The number of hydrogen-bond acceptors (Lipinski definition) is 9. The average Bonchev–Trinajstić information content (AvgIpc) is 3.88. The molecule has 4 aromatic heterocycles. The minimum absolute atomic E-state index is 0.0186. The number of allylic oxidation sites excluding steroid dienone is 4. The Balaban J connectivity index is 0.974. The van der Waals surface area contributed by atoms with Crippen LogP contribution in [0, 0.1) is 6.92 Å². The Bertz CT molecular complexity index is 3230. The minimum Gasteiger partial charge on any atom is -0.496 e. The number of aryl methyl sites for hydroxylation is 3. The van der Waals surface area contributed by atoms with Gasteiger partial charge in [0.2, 0.25) is 11.8 Å². The Hall–Kier alpha value is -7.82. The number of imidazole rings is 2. The van der Waals surface area contributed by atoms with Crippen LogP contribution in [-0.4, -0.2) is 56.3 Å². The van der Waals surface area contributed by atoms with Crippen LogP contribution in [0.1, 0.15) is 29.5 Å². The summed E-state index contributed by atoms with van der Waals surface area (Å²) in [6, 6.07) is 20.8. The van der Waals surface area contributed by atoms with Gasteiger partial charge in [-0.3, -0.25) is 37.4 Å². The van der Waals surface area contributed by atoms with Crippen molar-refractivity contribution in [2.24, 2.45) is 21.1 Å². The zero-order valence-electron chi connectivity index (χ0n) is 34.1. The second-order valence-corrected chi connectivity index (χ2v) is 14.9. The maximum Gasteiger partial charge on any atom is 0.332 e. The summed E-state index contributed by atoms with van der Waals surface area (Å²) in [5.74, 6) is 0.00895. The highest BCUT2D eigenvalue weighted by Gasteiger charge is 2.21. The number of carbonyl (C=O) groups excluding carboxylic acids is 2. The number of hydrogen-bond donors (Lipinski definition) is 2. The summed E-state index contributed by atoms with van der Waals surface area (Å²) in [5, 5.41) is 5.80. The van der Waals surface area contributed by atoms with Crippen LogP contribution < -0.4 is 37.9 Å². The Labute approximate surface area is 347 Å². The van der Waals surface area contributed by atoms with Crippen molar-refractivity contribution >= 4 is 45.4 Å². The van der Waals surface area contributed by atoms with E-state index in [-0.39, 0.29) is 53.8 Å². The normalized spacial score (nSPS) is 12.7. The number of ether oxygens (including phenoxy) is 1. The van der Waals surface area contributed by atoms with Crippen molar-refractivity contribution in [1.29, 1.82) is 0 Å². The SMILES string of the molecule is COc1ccccc1-c1ccc(NC(=O)Cn2cnc3c2c(=O)n(Cc2ccc(C)c(C4=CC=C(NC(=O)Cn5cnc6c5c(=O)n(C)c(=O)n6C)CC4)c2)c(=O)n3C)cc1. The van der Waals surface area contributed by atoms with Gasteiger partial charge in [0.25, 0.3) is 11.1 Å². The average molecular weight is 823 g/mol. The summed E-state index contributed by atoms with van der Waals surface area (Å²) in [6.07, 6.45) is 7.66. The molecule has 17 nitrogen and oxygen atoms in total. The summed E-state index contributed by atoms with van der Waals surface area (Å²) in [6.45, 7) is 1.58. The molecule has 0 bridgehead atoms. The van der Waals surface area contributed by atoms with Crippen molar-refractivity contribution in [2.75, 3.05) is 12.4 Å². The molecule has 0 atom stereocenters. The van der Waals surface area contributed by atoms with Crippen LogP contribution in [0.5, 0.6) is 5.75 Å². The van der Waals surface area contributed by atoms with Crippen molar-refractivity contribution in [3.8, 4) is 16.9 Å². The molecule has 1 aliphatic carbocycles. The fourth-order valence-corrected chi connectivity index (χ4v) is 7.70. The molecule has 8 rings (SSSR count). The first-order valence-corrected chi connectivity index (χ1v) is 19.4. The number of para-hydroxylation sites is 1. The first-order valence-electron chi connectivity index (χ1n) is 19.4. The highest BCUT2D eigenvalue weighted by atomic mass is 16.5. The van der Waals surface area contributed by atoms with Gasteiger partial charge in [-0.05, 0) is 77.9 Å². The quantitative estimate of drug-likeness (QED) is 0.197. The Morgan fingerprint density at radius 3 is 2.00 bits per heavy atom. The van der Waals surface area contributed by atoms with E-state index in [1.54, 1.807) is 26.3 Å². The molecule has 3 aromatic carbocycles. The van der Waals surface area contributed by atoms with Gasteiger partial charge in [-0.15, -0.1) is 0 Å². The molecule has 0 fully saturated rings. The first-order chi connectivity index (χ1) is 29.3. The number of nitrogens with zero attached hydrogens (tertiary/aromatic N) is 8. The number of anilines is 1. The van der Waals surface area contributed by atoms with Crippen molar-refractivity contribution in [1.82, 2.24) is 42.7 Å². The van der Waals surface area contributed by atoms with E-state index in [2.05, 4.69) is 20.6 Å². The second-order valence-electron chi connectivity index (χ2n) is 14.9. The number of methoxy groups -OCH3 is 1. The molecule has 17 heteroatoms. The smallest absolute Gasteiger partial charge is 0.332 e. The number of aromatic nitrogens is 8. The molecule has 0 radical (unpaired) electrons. The van der Waals surface area contributed by atoms with Crippen LogP contribution in [0.3, 0.4) is 0 Å². The summed E-state index contributed by atoms with van der Waals surface area (Å²) >= 11 is 0. The van der Waals surface area contributed by atoms with E-state index < -0.39 is 22.5 Å². The van der Waals surface area contributed by atoms with E-state index in [9.17, 15) is 28.8 Å². The third-order valence-electron chi connectivity index (χ3n) is 11.0. The van der Waals surface area contributed by atoms with Gasteiger partial charge < -0.3 is 24.5 Å². The maximum absolute atomic E-state index is 14.0. The molecule has 0 unspecified atom stereocenters. The van der Waals surface area contributed by atoms with Crippen LogP contribution in [0.25, 0.3) is 39.0 Å². The van der Waals surface area contributed by atoms with Crippen LogP contribution in [0.2, 0.25) is 0 Å². The number of fused-ring (bicyclic) bond motifs is 2. The molecule has 310 valence electrons. The number of amides is 2. The zero-order chi connectivity index (χ0) is 43.1. The minimum atomic E-state index is -0.569. The number of carbonyl (C=O) groups is 2. The van der Waals surface area contributed by atoms with Crippen molar-refractivity contribution in [3.63, 3.8) is 0 Å². The topological polar surface area (TPSA) is 191 Å². The van der Waals surface area contributed by atoms with Crippen LogP contribution in [0.15, 0.2) is 116 Å². The van der Waals surface area contributed by atoms with Gasteiger partial charge in [0.15, 0.2) is 22.3 Å². The number of rotatable bonds is 11. The van der Waals surface area contributed by atoms with Crippen LogP contribution in [0.4, 0.5) is 5.69 Å². The molecule has 1 aliphatic rings. The summed E-state index contributed by atoms with van der Waals surface area (Å²) in [5.41, 5.74) is 5.27. The zero-order valence-corrected chi connectivity index (χ0v) is 34.1. The predicted molar refractivity (Wildman–Crippen MR) is 230 cm³/mol. The van der Waals surface area contributed by atoms with Crippen molar-refractivity contribution < 1.29 is 14.3 Å². The number of nitrogens with one attached hydrogen (secondary N) is 2. The Morgan fingerprint density at radius 1 is 0.705 bits per heavy atom. The van der Waals surface area contributed by atoms with E-state index in [0.717, 1.165) is 48.3 Å². The highest BCUT2D eigenvalue weighted by Crippen LogP contribution is 2.31. The first kappa shape index (κ1) is 40.0. The van der Waals surface area contributed by atoms with Gasteiger partial charge in [0.1, 0.15) is 18.8 Å². The van der Waals surface area contributed by atoms with Crippen molar-refractivity contribution in [3.05, 3.63) is 156 Å². The Morgan fingerprint density at radius 2 is 1.34 bits per heavy atom. The molecular formula is C44H42N10O7. The molecule has 2 N–H and O–H groups in total. The van der Waals surface area contributed by atoms with E-state index in [0.29, 0.717) is 24.2 Å². The molecule has 61 heavy (non-hydrogen) atoms. The van der Waals surface area contributed by atoms with Gasteiger partial charge >= 0.3 is 11.4 Å². The Kier molecular flexibility index (Phi) is 10.5. The van der Waals surface area contributed by atoms with E-state index >= 15 is 0 Å². The predicted octanol–water partition coefficient (Wildman–Crippen LogP) is 3.19. The lowest BCUT2D eigenvalue weighted by Crippen LogP contribution is -2.40. The lowest BCUT2D eigenvalue weighted by Gasteiger charge is -2.18. The maximum atomic E-state index is 14.0. The standard InChI is InChI=1S/C44H42N10O7/c1-26-10-11-27(20-33(26)29-14-18-31(19-15-29)48-35(55)22-52-24-45-39-37(52)41(57)51(4)43(59)49(39)2)21-54-42(58)38-40(50(3)44(54)60)46-25-53(38)23-36(56)47-30-16-12-28(13-17-30)32-8-6-7-9-34(32)61-5/h6-14,16-18,20,24-25H,15,19,21-23H2,1-5H3,(H,47,56)(H,48,55). The molecular weight excluding hydrogens is 781 g/mol. The van der Waals surface area contributed by atoms with E-state index in [1.165, 1.54) is 45.0 Å². The van der Waals surface area contributed by atoms with Crippen LogP contribution >= 0.6 is 0 Å². The molecule has 0 saturated carbocycles. The molecule has 0 saturated heterocycles. The van der Waals surface area contributed by atoms with Gasteiger partial charge in [0, 0.05) is 38.1 Å². The molecule has 4 heterocycles. The lowest BCUT2D eigenvalue weighted by molar-refractivity contribution is -0.121. The monoisotopic (exact) mass is 822 g/mol.